The van der Waals surface area contributed by atoms with Gasteiger partial charge in [-0.1, -0.05) is 12.1 Å². The Morgan fingerprint density at radius 2 is 1.54 bits per heavy atom. The minimum absolute atomic E-state index is 0.0171. The lowest BCUT2D eigenvalue weighted by Gasteiger charge is -2.13. The van der Waals surface area contributed by atoms with Crippen LogP contribution in [0.3, 0.4) is 0 Å². The first-order valence-electron chi connectivity index (χ1n) is 4.90. The molecule has 0 amide bonds. The van der Waals surface area contributed by atoms with Crippen molar-refractivity contribution in [2.24, 2.45) is 5.73 Å². The summed E-state index contributed by atoms with van der Waals surface area (Å²) in [7, 11) is 0. The highest BCUT2D eigenvalue weighted by molar-refractivity contribution is 5.41. The lowest BCUT2D eigenvalue weighted by atomic mass is 9.96. The molecule has 1 heteroatoms. The third kappa shape index (κ3) is 1.37. The molecule has 0 heterocycles. The van der Waals surface area contributed by atoms with Crippen molar-refractivity contribution in [3.63, 3.8) is 0 Å². The molecule has 0 bridgehead atoms. The van der Waals surface area contributed by atoms with Crippen LogP contribution in [-0.4, -0.2) is 0 Å². The maximum Gasteiger partial charge on any atom is 0.0411 e. The standard InChI is InChI=1S/C12H17N/c1-8-6-11(12(13)4-5-12)7-9(2)10(8)3/h6-7H,4-5,13H2,1-3H3. The third-order valence-electron chi connectivity index (χ3n) is 3.29. The summed E-state index contributed by atoms with van der Waals surface area (Å²) in [5.74, 6) is 0. The number of hydrogen-bond acceptors (Lipinski definition) is 1. The monoisotopic (exact) mass is 175 g/mol. The summed E-state index contributed by atoms with van der Waals surface area (Å²) in [6.45, 7) is 6.50. The van der Waals surface area contributed by atoms with Crippen LogP contribution in [0, 0.1) is 20.8 Å². The first kappa shape index (κ1) is 8.76. The van der Waals surface area contributed by atoms with E-state index in [9.17, 15) is 0 Å². The van der Waals surface area contributed by atoms with E-state index in [1.165, 1.54) is 22.3 Å². The molecule has 70 valence electrons. The number of hydrogen-bond donors (Lipinski definition) is 1. The molecule has 0 saturated heterocycles. The van der Waals surface area contributed by atoms with E-state index >= 15 is 0 Å². The minimum Gasteiger partial charge on any atom is -0.321 e. The van der Waals surface area contributed by atoms with Crippen molar-refractivity contribution in [3.05, 3.63) is 34.4 Å². The van der Waals surface area contributed by atoms with Crippen LogP contribution in [0.1, 0.15) is 35.1 Å². The molecule has 2 N–H and O–H groups in total. The topological polar surface area (TPSA) is 26.0 Å². The predicted octanol–water partition coefficient (Wildman–Crippen LogP) is 2.56. The highest BCUT2D eigenvalue weighted by Crippen LogP contribution is 2.43. The fraction of sp³-hybridized carbons (Fsp3) is 0.500. The second kappa shape index (κ2) is 2.58. The molecule has 0 atom stereocenters. The van der Waals surface area contributed by atoms with Gasteiger partial charge in [0.25, 0.3) is 0 Å². The molecular weight excluding hydrogens is 158 g/mol. The molecule has 1 aromatic carbocycles. The first-order chi connectivity index (χ1) is 6.03. The molecule has 0 radical (unpaired) electrons. The van der Waals surface area contributed by atoms with Gasteiger partial charge in [0.15, 0.2) is 0 Å². The van der Waals surface area contributed by atoms with E-state index in [-0.39, 0.29) is 5.54 Å². The molecule has 0 aliphatic heterocycles. The van der Waals surface area contributed by atoms with Crippen LogP contribution in [0.5, 0.6) is 0 Å². The smallest absolute Gasteiger partial charge is 0.0411 e. The van der Waals surface area contributed by atoms with Crippen molar-refractivity contribution in [2.75, 3.05) is 0 Å². The summed E-state index contributed by atoms with van der Waals surface area (Å²) in [4.78, 5) is 0. The largest absolute Gasteiger partial charge is 0.321 e. The average molecular weight is 175 g/mol. The van der Waals surface area contributed by atoms with Crippen molar-refractivity contribution in [3.8, 4) is 0 Å². The first-order valence-corrected chi connectivity index (χ1v) is 4.90. The van der Waals surface area contributed by atoms with E-state index in [0.717, 1.165) is 12.8 Å². The van der Waals surface area contributed by atoms with Crippen LogP contribution in [0.4, 0.5) is 0 Å². The predicted molar refractivity (Wildman–Crippen MR) is 55.8 cm³/mol. The van der Waals surface area contributed by atoms with Crippen LogP contribution in [0.15, 0.2) is 12.1 Å². The quantitative estimate of drug-likeness (QED) is 0.697. The zero-order valence-electron chi connectivity index (χ0n) is 8.65. The average Bonchev–Trinajstić information content (AvgIpc) is 2.80. The van der Waals surface area contributed by atoms with Gasteiger partial charge in [0.05, 0.1) is 0 Å². The molecular formula is C12H17N. The Balaban J connectivity index is 2.50. The molecule has 0 spiro atoms. The van der Waals surface area contributed by atoms with Gasteiger partial charge in [-0.3, -0.25) is 0 Å². The van der Waals surface area contributed by atoms with Crippen LogP contribution in [-0.2, 0) is 5.54 Å². The Bertz CT molecular complexity index is 325. The molecule has 13 heavy (non-hydrogen) atoms. The molecule has 0 aromatic heterocycles. The van der Waals surface area contributed by atoms with E-state index in [0.29, 0.717) is 0 Å². The Morgan fingerprint density at radius 3 is 1.92 bits per heavy atom. The Labute approximate surface area is 80.0 Å². The normalized spacial score (nSPS) is 18.8. The molecule has 1 nitrogen and oxygen atoms in total. The zero-order valence-corrected chi connectivity index (χ0v) is 8.65. The maximum atomic E-state index is 6.16. The number of benzene rings is 1. The molecule has 1 aromatic rings. The van der Waals surface area contributed by atoms with Crippen LogP contribution >= 0.6 is 0 Å². The summed E-state index contributed by atoms with van der Waals surface area (Å²) >= 11 is 0. The SMILES string of the molecule is Cc1cc(C2(N)CC2)cc(C)c1C. The zero-order chi connectivity index (χ0) is 9.64. The summed E-state index contributed by atoms with van der Waals surface area (Å²) in [5, 5.41) is 0. The Morgan fingerprint density at radius 1 is 1.08 bits per heavy atom. The van der Waals surface area contributed by atoms with Gasteiger partial charge in [-0.2, -0.15) is 0 Å². The summed E-state index contributed by atoms with van der Waals surface area (Å²) in [5.41, 5.74) is 11.6. The molecule has 1 fully saturated rings. The highest BCUT2D eigenvalue weighted by Gasteiger charge is 2.40. The number of rotatable bonds is 1. The molecule has 1 aliphatic rings. The second-order valence-electron chi connectivity index (χ2n) is 4.39. The Hall–Kier alpha value is -0.820. The molecule has 2 rings (SSSR count). The van der Waals surface area contributed by atoms with Gasteiger partial charge < -0.3 is 5.73 Å². The lowest BCUT2D eigenvalue weighted by Crippen LogP contribution is -2.19. The third-order valence-corrected chi connectivity index (χ3v) is 3.29. The van der Waals surface area contributed by atoms with Crippen LogP contribution in [0.2, 0.25) is 0 Å². The maximum absolute atomic E-state index is 6.16. The van der Waals surface area contributed by atoms with Gasteiger partial charge >= 0.3 is 0 Å². The van der Waals surface area contributed by atoms with E-state index in [4.69, 9.17) is 5.73 Å². The van der Waals surface area contributed by atoms with Crippen molar-refractivity contribution in [2.45, 2.75) is 39.2 Å². The van der Waals surface area contributed by atoms with Gasteiger partial charge in [-0.25, -0.2) is 0 Å². The van der Waals surface area contributed by atoms with E-state index < -0.39 is 0 Å². The van der Waals surface area contributed by atoms with Gasteiger partial charge in [-0.15, -0.1) is 0 Å². The van der Waals surface area contributed by atoms with E-state index in [1.54, 1.807) is 0 Å². The number of nitrogens with two attached hydrogens (primary N) is 1. The van der Waals surface area contributed by atoms with Crippen molar-refractivity contribution in [1.82, 2.24) is 0 Å². The van der Waals surface area contributed by atoms with Gasteiger partial charge in [0.2, 0.25) is 0 Å². The second-order valence-corrected chi connectivity index (χ2v) is 4.39. The van der Waals surface area contributed by atoms with Crippen LogP contribution < -0.4 is 5.73 Å². The summed E-state index contributed by atoms with van der Waals surface area (Å²) in [6, 6.07) is 4.49. The molecule has 1 saturated carbocycles. The van der Waals surface area contributed by atoms with E-state index in [1.807, 2.05) is 0 Å². The van der Waals surface area contributed by atoms with Gasteiger partial charge in [0.1, 0.15) is 0 Å². The fourth-order valence-electron chi connectivity index (χ4n) is 1.75. The van der Waals surface area contributed by atoms with Gasteiger partial charge in [0, 0.05) is 5.54 Å². The fourth-order valence-corrected chi connectivity index (χ4v) is 1.75. The molecule has 1 aliphatic carbocycles. The summed E-state index contributed by atoms with van der Waals surface area (Å²) < 4.78 is 0. The highest BCUT2D eigenvalue weighted by atomic mass is 14.8. The molecule has 0 unspecified atom stereocenters. The van der Waals surface area contributed by atoms with Crippen LogP contribution in [0.25, 0.3) is 0 Å². The number of aryl methyl sites for hydroxylation is 2. The summed E-state index contributed by atoms with van der Waals surface area (Å²) in [6.07, 6.45) is 2.30. The Kier molecular flexibility index (Phi) is 1.74. The van der Waals surface area contributed by atoms with Crippen molar-refractivity contribution >= 4 is 0 Å². The minimum atomic E-state index is 0.0171. The van der Waals surface area contributed by atoms with E-state index in [2.05, 4.69) is 32.9 Å². The van der Waals surface area contributed by atoms with Gasteiger partial charge in [-0.05, 0) is 55.9 Å². The lowest BCUT2D eigenvalue weighted by molar-refractivity contribution is 0.737. The van der Waals surface area contributed by atoms with Crippen molar-refractivity contribution < 1.29 is 0 Å². The van der Waals surface area contributed by atoms with Crippen molar-refractivity contribution in [1.29, 1.82) is 0 Å².